The number of carbonyl (C=O) groups excluding carboxylic acids is 1. The van der Waals surface area contributed by atoms with Gasteiger partial charge in [-0.25, -0.2) is 9.59 Å². The molecule has 20 heavy (non-hydrogen) atoms. The number of urea groups is 1. The lowest BCUT2D eigenvalue weighted by Gasteiger charge is -2.22. The molecule has 1 aliphatic heterocycles. The van der Waals surface area contributed by atoms with E-state index in [9.17, 15) is 9.59 Å². The number of hydrogen-bond acceptors (Lipinski definition) is 3. The van der Waals surface area contributed by atoms with Crippen LogP contribution < -0.4 is 10.6 Å². The molecule has 6 nitrogen and oxygen atoms in total. The van der Waals surface area contributed by atoms with Crippen LogP contribution in [0.3, 0.4) is 0 Å². The first-order valence-electron chi connectivity index (χ1n) is 6.61. The van der Waals surface area contributed by atoms with Gasteiger partial charge in [0.25, 0.3) is 0 Å². The SMILES string of the molecule is O=C(NCC1CCOCC1)Nc1ccc(C(=O)O)cc1. The molecule has 0 atom stereocenters. The number of nitrogens with one attached hydrogen (secondary N) is 2. The number of benzene rings is 1. The van der Waals surface area contributed by atoms with Crippen molar-refractivity contribution in [2.45, 2.75) is 12.8 Å². The van der Waals surface area contributed by atoms with Crippen molar-refractivity contribution in [3.63, 3.8) is 0 Å². The number of carboxylic acid groups (broad SMARTS) is 1. The van der Waals surface area contributed by atoms with Crippen LogP contribution in [0, 0.1) is 5.92 Å². The summed E-state index contributed by atoms with van der Waals surface area (Å²) in [6, 6.07) is 5.77. The topological polar surface area (TPSA) is 87.7 Å². The zero-order chi connectivity index (χ0) is 14.4. The third-order valence-corrected chi connectivity index (χ3v) is 3.28. The number of amides is 2. The van der Waals surface area contributed by atoms with E-state index in [1.54, 1.807) is 12.1 Å². The van der Waals surface area contributed by atoms with Crippen LogP contribution in [0.5, 0.6) is 0 Å². The van der Waals surface area contributed by atoms with Gasteiger partial charge in [-0.15, -0.1) is 0 Å². The smallest absolute Gasteiger partial charge is 0.335 e. The van der Waals surface area contributed by atoms with Crippen molar-refractivity contribution in [3.05, 3.63) is 29.8 Å². The quantitative estimate of drug-likeness (QED) is 0.785. The first kappa shape index (κ1) is 14.3. The van der Waals surface area contributed by atoms with Gasteiger partial charge in [-0.3, -0.25) is 0 Å². The lowest BCUT2D eigenvalue weighted by atomic mass is 10.0. The van der Waals surface area contributed by atoms with Crippen LogP contribution in [0.2, 0.25) is 0 Å². The highest BCUT2D eigenvalue weighted by atomic mass is 16.5. The van der Waals surface area contributed by atoms with E-state index in [-0.39, 0.29) is 11.6 Å². The summed E-state index contributed by atoms with van der Waals surface area (Å²) in [6.45, 7) is 2.14. The highest BCUT2D eigenvalue weighted by Gasteiger charge is 2.14. The molecule has 0 spiro atoms. The van der Waals surface area contributed by atoms with Gasteiger partial charge in [-0.2, -0.15) is 0 Å². The average molecular weight is 278 g/mol. The Balaban J connectivity index is 1.77. The minimum Gasteiger partial charge on any atom is -0.478 e. The fraction of sp³-hybridized carbons (Fsp3) is 0.429. The van der Waals surface area contributed by atoms with Crippen LogP contribution in [0.25, 0.3) is 0 Å². The molecule has 3 N–H and O–H groups in total. The van der Waals surface area contributed by atoms with Crippen molar-refractivity contribution in [2.24, 2.45) is 5.92 Å². The molecule has 108 valence electrons. The van der Waals surface area contributed by atoms with Crippen molar-refractivity contribution in [2.75, 3.05) is 25.1 Å². The third kappa shape index (κ3) is 4.24. The third-order valence-electron chi connectivity index (χ3n) is 3.28. The van der Waals surface area contributed by atoms with Gasteiger partial charge < -0.3 is 20.5 Å². The Kier molecular flexibility index (Phi) is 4.95. The summed E-state index contributed by atoms with van der Waals surface area (Å²) in [6.07, 6.45) is 1.93. The largest absolute Gasteiger partial charge is 0.478 e. The van der Waals surface area contributed by atoms with E-state index in [0.29, 0.717) is 18.2 Å². The highest BCUT2D eigenvalue weighted by Crippen LogP contribution is 2.13. The molecule has 0 bridgehead atoms. The Morgan fingerprint density at radius 3 is 2.45 bits per heavy atom. The van der Waals surface area contributed by atoms with Gasteiger partial charge in [0.1, 0.15) is 0 Å². The van der Waals surface area contributed by atoms with E-state index in [0.717, 1.165) is 26.1 Å². The fourth-order valence-electron chi connectivity index (χ4n) is 2.06. The van der Waals surface area contributed by atoms with Gasteiger partial charge in [0.2, 0.25) is 0 Å². The summed E-state index contributed by atoms with van der Waals surface area (Å²) in [7, 11) is 0. The van der Waals surface area contributed by atoms with Gasteiger partial charge in [-0.05, 0) is 43.0 Å². The molecule has 1 fully saturated rings. The second-order valence-corrected chi connectivity index (χ2v) is 4.77. The van der Waals surface area contributed by atoms with Crippen molar-refractivity contribution in [3.8, 4) is 0 Å². The molecule has 1 heterocycles. The Bertz CT molecular complexity index is 467. The van der Waals surface area contributed by atoms with Crippen LogP contribution in [-0.4, -0.2) is 36.9 Å². The predicted molar refractivity (Wildman–Crippen MR) is 74.0 cm³/mol. The molecule has 1 aromatic carbocycles. The average Bonchev–Trinajstić information content (AvgIpc) is 2.47. The Hall–Kier alpha value is -2.08. The fourth-order valence-corrected chi connectivity index (χ4v) is 2.06. The lowest BCUT2D eigenvalue weighted by molar-refractivity contribution is 0.0670. The van der Waals surface area contributed by atoms with Gasteiger partial charge in [0, 0.05) is 25.4 Å². The van der Waals surface area contributed by atoms with Crippen molar-refractivity contribution in [1.82, 2.24) is 5.32 Å². The molecular formula is C14H18N2O4. The van der Waals surface area contributed by atoms with Gasteiger partial charge in [0.05, 0.1) is 5.56 Å². The number of hydrogen-bond donors (Lipinski definition) is 3. The standard InChI is InChI=1S/C14H18N2O4/c17-13(18)11-1-3-12(4-2-11)16-14(19)15-9-10-5-7-20-8-6-10/h1-4,10H,5-9H2,(H,17,18)(H2,15,16,19). The van der Waals surface area contributed by atoms with E-state index in [2.05, 4.69) is 10.6 Å². The second kappa shape index (κ2) is 6.91. The van der Waals surface area contributed by atoms with E-state index < -0.39 is 5.97 Å². The first-order valence-corrected chi connectivity index (χ1v) is 6.61. The zero-order valence-corrected chi connectivity index (χ0v) is 11.1. The monoisotopic (exact) mass is 278 g/mol. The first-order chi connectivity index (χ1) is 9.65. The number of carboxylic acids is 1. The van der Waals surface area contributed by atoms with Crippen LogP contribution in [0.15, 0.2) is 24.3 Å². The number of ether oxygens (including phenoxy) is 1. The maximum Gasteiger partial charge on any atom is 0.335 e. The summed E-state index contributed by atoms with van der Waals surface area (Å²) in [5.41, 5.74) is 0.762. The Morgan fingerprint density at radius 2 is 1.85 bits per heavy atom. The molecule has 0 unspecified atom stereocenters. The summed E-state index contributed by atoms with van der Waals surface area (Å²) >= 11 is 0. The van der Waals surface area contributed by atoms with Crippen LogP contribution in [0.4, 0.5) is 10.5 Å². The number of aromatic carboxylic acids is 1. The van der Waals surface area contributed by atoms with Gasteiger partial charge >= 0.3 is 12.0 Å². The minimum absolute atomic E-state index is 0.193. The maximum absolute atomic E-state index is 11.7. The molecule has 0 aromatic heterocycles. The predicted octanol–water partition coefficient (Wildman–Crippen LogP) is 1.93. The molecule has 0 saturated carbocycles. The van der Waals surface area contributed by atoms with Crippen LogP contribution in [-0.2, 0) is 4.74 Å². The molecule has 6 heteroatoms. The maximum atomic E-state index is 11.7. The molecule has 0 aliphatic carbocycles. The summed E-state index contributed by atoms with van der Waals surface area (Å²) < 4.78 is 5.26. The van der Waals surface area contributed by atoms with Crippen molar-refractivity contribution in [1.29, 1.82) is 0 Å². The van der Waals surface area contributed by atoms with Gasteiger partial charge in [0.15, 0.2) is 0 Å². The Labute approximate surface area is 117 Å². The molecule has 1 aromatic rings. The molecule has 2 rings (SSSR count). The summed E-state index contributed by atoms with van der Waals surface area (Å²) in [5, 5.41) is 14.3. The molecule has 2 amide bonds. The number of anilines is 1. The highest BCUT2D eigenvalue weighted by molar-refractivity contribution is 5.91. The van der Waals surface area contributed by atoms with Gasteiger partial charge in [-0.1, -0.05) is 0 Å². The van der Waals surface area contributed by atoms with Crippen molar-refractivity contribution >= 4 is 17.7 Å². The minimum atomic E-state index is -0.986. The molecule has 0 radical (unpaired) electrons. The zero-order valence-electron chi connectivity index (χ0n) is 11.1. The van der Waals surface area contributed by atoms with E-state index >= 15 is 0 Å². The molecule has 1 saturated heterocycles. The van der Waals surface area contributed by atoms with E-state index in [1.165, 1.54) is 12.1 Å². The Morgan fingerprint density at radius 1 is 1.20 bits per heavy atom. The normalized spacial score (nSPS) is 15.6. The second-order valence-electron chi connectivity index (χ2n) is 4.77. The molecule has 1 aliphatic rings. The van der Waals surface area contributed by atoms with E-state index in [4.69, 9.17) is 9.84 Å². The van der Waals surface area contributed by atoms with Crippen molar-refractivity contribution < 1.29 is 19.4 Å². The summed E-state index contributed by atoms with van der Waals surface area (Å²) in [5.74, 6) is -0.524. The molecular weight excluding hydrogens is 260 g/mol. The van der Waals surface area contributed by atoms with E-state index in [1.807, 2.05) is 0 Å². The number of rotatable bonds is 4. The lowest BCUT2D eigenvalue weighted by Crippen LogP contribution is -2.35. The van der Waals surface area contributed by atoms with Crippen LogP contribution >= 0.6 is 0 Å². The summed E-state index contributed by atoms with van der Waals surface area (Å²) in [4.78, 5) is 22.4. The van der Waals surface area contributed by atoms with Crippen LogP contribution in [0.1, 0.15) is 23.2 Å². The number of carbonyl (C=O) groups is 2.